The monoisotopic (exact) mass is 190 g/mol. The lowest BCUT2D eigenvalue weighted by molar-refractivity contribution is -0.176. The first kappa shape index (κ1) is 9.46. The summed E-state index contributed by atoms with van der Waals surface area (Å²) in [6, 6.07) is 0. The van der Waals surface area contributed by atoms with Gasteiger partial charge in [-0.3, -0.25) is 4.79 Å². The number of carbonyl (C=O) groups excluding carboxylic acids is 1. The first-order valence-electron chi connectivity index (χ1n) is 3.26. The molecule has 0 aromatic rings. The van der Waals surface area contributed by atoms with Crippen LogP contribution in [0.15, 0.2) is 0 Å². The SMILES string of the molecule is O=C1C[C@@](O)(C(=O)O)[C@@H](C(=O)O)O1. The third-order valence-electron chi connectivity index (χ3n) is 1.69. The molecule has 7 nitrogen and oxygen atoms in total. The van der Waals surface area contributed by atoms with Crippen molar-refractivity contribution in [3.63, 3.8) is 0 Å². The van der Waals surface area contributed by atoms with Crippen molar-refractivity contribution in [3.8, 4) is 0 Å². The molecule has 3 N–H and O–H groups in total. The summed E-state index contributed by atoms with van der Waals surface area (Å²) in [5.41, 5.74) is -2.65. The topological polar surface area (TPSA) is 121 Å². The minimum Gasteiger partial charge on any atom is -0.479 e. The zero-order chi connectivity index (χ0) is 10.2. The lowest BCUT2D eigenvalue weighted by atomic mass is 9.96. The summed E-state index contributed by atoms with van der Waals surface area (Å²) in [6.45, 7) is 0. The number of aliphatic hydroxyl groups is 1. The Morgan fingerprint density at radius 3 is 2.31 bits per heavy atom. The standard InChI is InChI=1S/C6H6O7/c7-2-1-6(12,5(10)11)3(13-2)4(8)9/h3,12H,1H2,(H,8,9)(H,10,11)/t3-,6+/m1/s1. The van der Waals surface area contributed by atoms with E-state index in [4.69, 9.17) is 10.2 Å². The van der Waals surface area contributed by atoms with Gasteiger partial charge in [-0.15, -0.1) is 0 Å². The third kappa shape index (κ3) is 1.33. The van der Waals surface area contributed by atoms with Gasteiger partial charge in [-0.2, -0.15) is 0 Å². The van der Waals surface area contributed by atoms with Gasteiger partial charge in [0.15, 0.2) is 0 Å². The molecule has 7 heteroatoms. The molecule has 1 heterocycles. The van der Waals surface area contributed by atoms with Gasteiger partial charge in [0.05, 0.1) is 6.42 Å². The van der Waals surface area contributed by atoms with E-state index in [1.807, 2.05) is 0 Å². The molecule has 13 heavy (non-hydrogen) atoms. The molecule has 1 rings (SSSR count). The number of cyclic esters (lactones) is 1. The second kappa shape index (κ2) is 2.70. The van der Waals surface area contributed by atoms with Crippen LogP contribution < -0.4 is 0 Å². The molecule has 1 saturated heterocycles. The molecule has 72 valence electrons. The summed E-state index contributed by atoms with van der Waals surface area (Å²) < 4.78 is 4.13. The third-order valence-corrected chi connectivity index (χ3v) is 1.69. The van der Waals surface area contributed by atoms with Crippen LogP contribution in [0.25, 0.3) is 0 Å². The number of ether oxygens (including phenoxy) is 1. The highest BCUT2D eigenvalue weighted by molar-refractivity contribution is 5.95. The van der Waals surface area contributed by atoms with Crippen LogP contribution in [0.5, 0.6) is 0 Å². The van der Waals surface area contributed by atoms with Crippen molar-refractivity contribution in [2.75, 3.05) is 0 Å². The molecule has 0 aliphatic carbocycles. The summed E-state index contributed by atoms with van der Waals surface area (Å²) in [6.07, 6.45) is -2.88. The average molecular weight is 190 g/mol. The van der Waals surface area contributed by atoms with Crippen molar-refractivity contribution in [2.45, 2.75) is 18.1 Å². The molecule has 2 atom stereocenters. The number of hydrogen-bond acceptors (Lipinski definition) is 5. The summed E-state index contributed by atoms with van der Waals surface area (Å²) in [5, 5.41) is 26.1. The van der Waals surface area contributed by atoms with Crippen molar-refractivity contribution < 1.29 is 34.4 Å². The van der Waals surface area contributed by atoms with Crippen LogP contribution in [0, 0.1) is 0 Å². The number of carboxylic acids is 2. The maximum absolute atomic E-state index is 10.6. The van der Waals surface area contributed by atoms with E-state index < -0.39 is 36.0 Å². The van der Waals surface area contributed by atoms with Gasteiger partial charge in [0.2, 0.25) is 11.7 Å². The number of hydrogen-bond donors (Lipinski definition) is 3. The molecule has 1 fully saturated rings. The highest BCUT2D eigenvalue weighted by Gasteiger charge is 2.58. The Hall–Kier alpha value is -1.63. The van der Waals surface area contributed by atoms with Gasteiger partial charge in [0, 0.05) is 0 Å². The number of carbonyl (C=O) groups is 3. The molecular weight excluding hydrogens is 184 g/mol. The van der Waals surface area contributed by atoms with E-state index in [0.717, 1.165) is 0 Å². The molecule has 0 radical (unpaired) electrons. The van der Waals surface area contributed by atoms with Crippen LogP contribution in [0.1, 0.15) is 6.42 Å². The van der Waals surface area contributed by atoms with Gasteiger partial charge >= 0.3 is 17.9 Å². The van der Waals surface area contributed by atoms with Crippen LogP contribution in [-0.4, -0.2) is 44.9 Å². The fourth-order valence-corrected chi connectivity index (χ4v) is 1.03. The molecule has 0 aromatic carbocycles. The Labute approximate surface area is 71.5 Å². The van der Waals surface area contributed by atoms with E-state index in [0.29, 0.717) is 0 Å². The fraction of sp³-hybridized carbons (Fsp3) is 0.500. The summed E-state index contributed by atoms with van der Waals surface area (Å²) >= 11 is 0. The predicted molar refractivity (Wildman–Crippen MR) is 34.7 cm³/mol. The van der Waals surface area contributed by atoms with E-state index in [9.17, 15) is 19.5 Å². The maximum atomic E-state index is 10.6. The summed E-state index contributed by atoms with van der Waals surface area (Å²) in [4.78, 5) is 31.4. The van der Waals surface area contributed by atoms with Crippen LogP contribution in [0.4, 0.5) is 0 Å². The van der Waals surface area contributed by atoms with Crippen molar-refractivity contribution in [3.05, 3.63) is 0 Å². The number of aliphatic carboxylic acids is 2. The van der Waals surface area contributed by atoms with E-state index >= 15 is 0 Å². The minimum absolute atomic E-state index is 0.848. The number of rotatable bonds is 2. The van der Waals surface area contributed by atoms with E-state index in [1.54, 1.807) is 0 Å². The van der Waals surface area contributed by atoms with Crippen molar-refractivity contribution in [2.24, 2.45) is 0 Å². The molecule has 1 aliphatic heterocycles. The van der Waals surface area contributed by atoms with Crippen molar-refractivity contribution in [1.29, 1.82) is 0 Å². The number of carboxylic acid groups (broad SMARTS) is 2. The van der Waals surface area contributed by atoms with Gasteiger partial charge < -0.3 is 20.1 Å². The Bertz CT molecular complexity index is 283. The predicted octanol–water partition coefficient (Wildman–Crippen LogP) is -1.80. The quantitative estimate of drug-likeness (QED) is 0.439. The Morgan fingerprint density at radius 2 is 2.00 bits per heavy atom. The first-order valence-corrected chi connectivity index (χ1v) is 3.26. The largest absolute Gasteiger partial charge is 0.479 e. The molecule has 0 bridgehead atoms. The van der Waals surface area contributed by atoms with Gasteiger partial charge in [0.25, 0.3) is 0 Å². The Balaban J connectivity index is 3.01. The lowest BCUT2D eigenvalue weighted by Gasteiger charge is -2.18. The second-order valence-corrected chi connectivity index (χ2v) is 2.61. The zero-order valence-electron chi connectivity index (χ0n) is 6.26. The van der Waals surface area contributed by atoms with Gasteiger partial charge in [-0.25, -0.2) is 9.59 Å². The lowest BCUT2D eigenvalue weighted by Crippen LogP contribution is -2.49. The summed E-state index contributed by atoms with van der Waals surface area (Å²) in [7, 11) is 0. The maximum Gasteiger partial charge on any atom is 0.348 e. The molecule has 0 amide bonds. The Kier molecular flexibility index (Phi) is 1.96. The van der Waals surface area contributed by atoms with Crippen LogP contribution in [0.3, 0.4) is 0 Å². The van der Waals surface area contributed by atoms with Crippen LogP contribution in [0.2, 0.25) is 0 Å². The van der Waals surface area contributed by atoms with E-state index in [-0.39, 0.29) is 0 Å². The van der Waals surface area contributed by atoms with Gasteiger partial charge in [0.1, 0.15) is 0 Å². The highest BCUT2D eigenvalue weighted by atomic mass is 16.6. The van der Waals surface area contributed by atoms with Crippen molar-refractivity contribution in [1.82, 2.24) is 0 Å². The minimum atomic E-state index is -2.65. The van der Waals surface area contributed by atoms with Crippen LogP contribution in [-0.2, 0) is 19.1 Å². The zero-order valence-corrected chi connectivity index (χ0v) is 6.26. The molecular formula is C6H6O7. The Morgan fingerprint density at radius 1 is 1.46 bits per heavy atom. The van der Waals surface area contributed by atoms with E-state index in [2.05, 4.69) is 4.74 Å². The second-order valence-electron chi connectivity index (χ2n) is 2.61. The molecule has 0 aromatic heterocycles. The van der Waals surface area contributed by atoms with Crippen molar-refractivity contribution >= 4 is 17.9 Å². The van der Waals surface area contributed by atoms with E-state index in [1.165, 1.54) is 0 Å². The number of esters is 1. The van der Waals surface area contributed by atoms with Gasteiger partial charge in [-0.1, -0.05) is 0 Å². The average Bonchev–Trinajstić information content (AvgIpc) is 2.27. The molecule has 0 spiro atoms. The van der Waals surface area contributed by atoms with Gasteiger partial charge in [-0.05, 0) is 0 Å². The fourth-order valence-electron chi connectivity index (χ4n) is 1.03. The normalized spacial score (nSPS) is 32.7. The molecule has 0 saturated carbocycles. The first-order chi connectivity index (χ1) is 5.88. The molecule has 0 unspecified atom stereocenters. The summed E-state index contributed by atoms with van der Waals surface area (Å²) in [5.74, 6) is -4.51. The van der Waals surface area contributed by atoms with Crippen LogP contribution >= 0.6 is 0 Å². The smallest absolute Gasteiger partial charge is 0.348 e. The highest BCUT2D eigenvalue weighted by Crippen LogP contribution is 2.27. The molecule has 1 aliphatic rings.